The Kier molecular flexibility index (Phi) is 30.8. The second-order valence-corrected chi connectivity index (χ2v) is 5.90. The maximum atomic E-state index is 2.31. The maximum absolute atomic E-state index is 2.31. The summed E-state index contributed by atoms with van der Waals surface area (Å²) < 4.78 is 0. The Morgan fingerprint density at radius 3 is 1.00 bits per heavy atom. The first kappa shape index (κ1) is 15.7. The quantitative estimate of drug-likeness (QED) is 0.446. The van der Waals surface area contributed by atoms with Gasteiger partial charge < -0.3 is 0 Å². The van der Waals surface area contributed by atoms with Crippen LogP contribution < -0.4 is 0 Å². The summed E-state index contributed by atoms with van der Waals surface area (Å²) in [5.41, 5.74) is 0. The van der Waals surface area contributed by atoms with Gasteiger partial charge in [-0.2, -0.15) is 0 Å². The van der Waals surface area contributed by atoms with Crippen LogP contribution in [0, 0.1) is 0 Å². The van der Waals surface area contributed by atoms with Gasteiger partial charge in [0.1, 0.15) is 0 Å². The molecule has 0 nitrogen and oxygen atoms in total. The molecule has 1 heteroatoms. The van der Waals surface area contributed by atoms with Crippen LogP contribution in [-0.4, -0.2) is 8.80 Å². The Balaban J connectivity index is -0.0000000575. The van der Waals surface area contributed by atoms with Crippen LogP contribution in [0.3, 0.4) is 0 Å². The van der Waals surface area contributed by atoms with Gasteiger partial charge in [-0.3, -0.25) is 0 Å². The topological polar surface area (TPSA) is 0 Å². The van der Waals surface area contributed by atoms with E-state index in [2.05, 4.69) is 33.5 Å². The lowest BCUT2D eigenvalue weighted by Gasteiger charge is -1.75. The predicted molar refractivity (Wildman–Crippen MR) is 47.4 cm³/mol. The molecular weight excluding hydrogens is 112 g/mol. The van der Waals surface area contributed by atoms with Crippen molar-refractivity contribution in [3.05, 3.63) is 0 Å². The third-order valence-electron chi connectivity index (χ3n) is 0. The Bertz CT molecular complexity index is 15.6. The lowest BCUT2D eigenvalue weighted by Crippen LogP contribution is -1.84. The van der Waals surface area contributed by atoms with Gasteiger partial charge in [0, 0.05) is 8.80 Å². The van der Waals surface area contributed by atoms with E-state index in [0.29, 0.717) is 0 Å². The van der Waals surface area contributed by atoms with Crippen molar-refractivity contribution in [1.29, 1.82) is 0 Å². The summed E-state index contributed by atoms with van der Waals surface area (Å²) in [5.74, 6) is 0. The molecule has 0 radical (unpaired) electrons. The Hall–Kier alpha value is 0.217. The summed E-state index contributed by atoms with van der Waals surface area (Å²) in [6.07, 6.45) is 1.25. The fraction of sp³-hybridized carbons (Fsp3) is 1.00. The van der Waals surface area contributed by atoms with Crippen molar-refractivity contribution in [3.63, 3.8) is 0 Å². The van der Waals surface area contributed by atoms with Gasteiger partial charge in [-0.1, -0.05) is 47.3 Å². The SMILES string of the molecule is C.CCC.C[SiH](C)C. The highest BCUT2D eigenvalue weighted by Gasteiger charge is 1.71. The van der Waals surface area contributed by atoms with Crippen LogP contribution in [0.2, 0.25) is 19.6 Å². The van der Waals surface area contributed by atoms with E-state index in [-0.39, 0.29) is 16.2 Å². The smallest absolute Gasteiger partial charge is 0.0274 e. The summed E-state index contributed by atoms with van der Waals surface area (Å²) in [6.45, 7) is 11.2. The fourth-order valence-corrected chi connectivity index (χ4v) is 0. The first-order chi connectivity index (χ1) is 3.15. The van der Waals surface area contributed by atoms with Crippen LogP contribution in [0.5, 0.6) is 0 Å². The fourth-order valence-electron chi connectivity index (χ4n) is 0. The molecule has 0 N–H and O–H groups in total. The van der Waals surface area contributed by atoms with Gasteiger partial charge in [-0.05, 0) is 0 Å². The monoisotopic (exact) mass is 134 g/mol. The van der Waals surface area contributed by atoms with Gasteiger partial charge in [0.15, 0.2) is 0 Å². The molecular formula is C7H22Si. The first-order valence-electron chi connectivity index (χ1n) is 3.15. The molecule has 0 fully saturated rings. The molecule has 0 aromatic heterocycles. The van der Waals surface area contributed by atoms with Crippen LogP contribution in [0.25, 0.3) is 0 Å². The molecule has 54 valence electrons. The zero-order chi connectivity index (χ0) is 6.28. The van der Waals surface area contributed by atoms with E-state index in [1.54, 1.807) is 0 Å². The number of hydrogen-bond donors (Lipinski definition) is 0. The molecule has 0 saturated carbocycles. The Morgan fingerprint density at radius 2 is 1.00 bits per heavy atom. The molecule has 0 aliphatic rings. The summed E-state index contributed by atoms with van der Waals surface area (Å²) in [5, 5.41) is 0. The summed E-state index contributed by atoms with van der Waals surface area (Å²) in [4.78, 5) is 0. The molecule has 0 heterocycles. The second kappa shape index (κ2) is 15.7. The van der Waals surface area contributed by atoms with E-state index in [4.69, 9.17) is 0 Å². The van der Waals surface area contributed by atoms with Crippen molar-refractivity contribution in [1.82, 2.24) is 0 Å². The van der Waals surface area contributed by atoms with Crippen LogP contribution in [0.4, 0.5) is 0 Å². The molecule has 0 aromatic carbocycles. The van der Waals surface area contributed by atoms with Crippen LogP contribution in [0.1, 0.15) is 27.7 Å². The number of hydrogen-bond acceptors (Lipinski definition) is 0. The first-order valence-corrected chi connectivity index (χ1v) is 6.61. The highest BCUT2D eigenvalue weighted by atomic mass is 28.3. The van der Waals surface area contributed by atoms with Gasteiger partial charge in [-0.25, -0.2) is 0 Å². The zero-order valence-corrected chi connectivity index (χ0v) is 7.44. The highest BCUT2D eigenvalue weighted by Crippen LogP contribution is 1.68. The Labute approximate surface area is 56.9 Å². The minimum Gasteiger partial charge on any atom is -0.0776 e. The zero-order valence-electron chi connectivity index (χ0n) is 6.28. The van der Waals surface area contributed by atoms with E-state index >= 15 is 0 Å². The van der Waals surface area contributed by atoms with Gasteiger partial charge in [0.25, 0.3) is 0 Å². The Morgan fingerprint density at radius 1 is 1.00 bits per heavy atom. The summed E-state index contributed by atoms with van der Waals surface area (Å²) >= 11 is 0. The maximum Gasteiger partial charge on any atom is 0.0274 e. The number of rotatable bonds is 0. The molecule has 0 aromatic rings. The third kappa shape index (κ3) is 3600. The van der Waals surface area contributed by atoms with Gasteiger partial charge in [0.05, 0.1) is 0 Å². The largest absolute Gasteiger partial charge is 0.0776 e. The van der Waals surface area contributed by atoms with E-state index in [9.17, 15) is 0 Å². The van der Waals surface area contributed by atoms with Gasteiger partial charge >= 0.3 is 0 Å². The van der Waals surface area contributed by atoms with Crippen LogP contribution in [-0.2, 0) is 0 Å². The van der Waals surface area contributed by atoms with Gasteiger partial charge in [-0.15, -0.1) is 0 Å². The van der Waals surface area contributed by atoms with Crippen LogP contribution >= 0.6 is 0 Å². The predicted octanol–water partition coefficient (Wildman–Crippen LogP) is 3.16. The molecule has 0 saturated heterocycles. The molecule has 0 rings (SSSR count). The van der Waals surface area contributed by atoms with E-state index in [1.807, 2.05) is 0 Å². The molecule has 0 bridgehead atoms. The molecule has 8 heavy (non-hydrogen) atoms. The molecule has 0 atom stereocenters. The van der Waals surface area contributed by atoms with Crippen LogP contribution in [0.15, 0.2) is 0 Å². The van der Waals surface area contributed by atoms with Crippen molar-refractivity contribution in [3.8, 4) is 0 Å². The molecule has 0 aliphatic carbocycles. The van der Waals surface area contributed by atoms with E-state index in [1.165, 1.54) is 6.42 Å². The summed E-state index contributed by atoms with van der Waals surface area (Å²) in [6, 6.07) is 0. The van der Waals surface area contributed by atoms with Crippen molar-refractivity contribution in [2.24, 2.45) is 0 Å². The molecule has 0 aliphatic heterocycles. The highest BCUT2D eigenvalue weighted by molar-refractivity contribution is 6.54. The van der Waals surface area contributed by atoms with Crippen molar-refractivity contribution >= 4 is 8.80 Å². The lowest BCUT2D eigenvalue weighted by molar-refractivity contribution is 1.09. The lowest BCUT2D eigenvalue weighted by atomic mass is 10.6. The van der Waals surface area contributed by atoms with Gasteiger partial charge in [0.2, 0.25) is 0 Å². The van der Waals surface area contributed by atoms with E-state index in [0.717, 1.165) is 0 Å². The summed E-state index contributed by atoms with van der Waals surface area (Å²) in [7, 11) is -0.139. The average Bonchev–Trinajstić information content (AvgIpc) is 1.33. The normalized spacial score (nSPS) is 6.75. The third-order valence-corrected chi connectivity index (χ3v) is 0. The standard InChI is InChI=1S/C3H10Si.C3H8.CH4/c1-4(2)3;1-3-2;/h4H,1-3H3;3H2,1-2H3;1H4. The molecule has 0 spiro atoms. The minimum absolute atomic E-state index is 0. The molecule has 0 unspecified atom stereocenters. The second-order valence-electron chi connectivity index (χ2n) is 2.44. The van der Waals surface area contributed by atoms with Crippen molar-refractivity contribution < 1.29 is 0 Å². The molecule has 0 amide bonds. The van der Waals surface area contributed by atoms with Crippen molar-refractivity contribution in [2.45, 2.75) is 47.3 Å². The van der Waals surface area contributed by atoms with E-state index < -0.39 is 0 Å². The minimum atomic E-state index is -0.139. The van der Waals surface area contributed by atoms with Crippen molar-refractivity contribution in [2.75, 3.05) is 0 Å². The average molecular weight is 134 g/mol.